The predicted molar refractivity (Wildman–Crippen MR) is 70.3 cm³/mol. The maximum atomic E-state index is 12.4. The third-order valence-electron chi connectivity index (χ3n) is 2.23. The molecule has 1 aromatic rings. The first kappa shape index (κ1) is 15.7. The molecule has 0 amide bonds. The molecule has 0 heterocycles. The van der Waals surface area contributed by atoms with Crippen LogP contribution in [0.1, 0.15) is 20.8 Å². The number of benzene rings is 1. The highest BCUT2D eigenvalue weighted by molar-refractivity contribution is 7.92. The second-order valence-electron chi connectivity index (χ2n) is 4.13. The molecular formula is C13H18O5S. The molecule has 106 valence electrons. The predicted octanol–water partition coefficient (Wildman–Crippen LogP) is 1.77. The van der Waals surface area contributed by atoms with E-state index in [1.165, 1.54) is 12.1 Å². The lowest BCUT2D eigenvalue weighted by Gasteiger charge is -2.19. The Morgan fingerprint density at radius 3 is 2.26 bits per heavy atom. The monoisotopic (exact) mass is 286 g/mol. The van der Waals surface area contributed by atoms with Crippen molar-refractivity contribution < 1.29 is 22.7 Å². The van der Waals surface area contributed by atoms with Crippen molar-refractivity contribution >= 4 is 15.8 Å². The Balaban J connectivity index is 3.13. The average Bonchev–Trinajstić information content (AvgIpc) is 2.37. The van der Waals surface area contributed by atoms with Gasteiger partial charge in [0.15, 0.2) is 0 Å². The highest BCUT2D eigenvalue weighted by Gasteiger charge is 2.37. The van der Waals surface area contributed by atoms with Gasteiger partial charge in [-0.25, -0.2) is 13.2 Å². The summed E-state index contributed by atoms with van der Waals surface area (Å²) in [6.45, 7) is 5.03. The summed E-state index contributed by atoms with van der Waals surface area (Å²) in [7, 11) is -3.91. The minimum Gasteiger partial charge on any atom is -0.463 e. The second-order valence-corrected chi connectivity index (χ2v) is 6.12. The van der Waals surface area contributed by atoms with Crippen molar-refractivity contribution in [2.24, 2.45) is 0 Å². The minimum atomic E-state index is -3.91. The molecule has 1 aromatic carbocycles. The second kappa shape index (κ2) is 6.68. The van der Waals surface area contributed by atoms with Gasteiger partial charge < -0.3 is 9.47 Å². The van der Waals surface area contributed by atoms with Crippen LogP contribution in [-0.4, -0.2) is 32.5 Å². The normalized spacial score (nSPS) is 13.3. The molecule has 19 heavy (non-hydrogen) atoms. The molecule has 0 aliphatic heterocycles. The third-order valence-corrected chi connectivity index (χ3v) is 4.02. The quantitative estimate of drug-likeness (QED) is 0.745. The lowest BCUT2D eigenvalue weighted by molar-refractivity contribution is -0.153. The number of carbonyl (C=O) groups excluding carboxylic acids is 1. The Kier molecular flexibility index (Phi) is 5.50. The van der Waals surface area contributed by atoms with E-state index in [-0.39, 0.29) is 11.5 Å². The number of sulfone groups is 1. The van der Waals surface area contributed by atoms with E-state index in [0.717, 1.165) is 0 Å². The molecule has 1 rings (SSSR count). The lowest BCUT2D eigenvalue weighted by Crippen LogP contribution is -2.36. The first-order valence-corrected chi connectivity index (χ1v) is 7.55. The molecule has 0 saturated carbocycles. The molecule has 0 fully saturated rings. The van der Waals surface area contributed by atoms with Gasteiger partial charge in [-0.1, -0.05) is 18.2 Å². The molecule has 1 atom stereocenters. The molecule has 0 aliphatic rings. The van der Waals surface area contributed by atoms with Crippen molar-refractivity contribution in [3.63, 3.8) is 0 Å². The van der Waals surface area contributed by atoms with Gasteiger partial charge in [0.05, 0.1) is 17.6 Å². The standard InChI is InChI=1S/C13H18O5S/c1-4-17-12(14)13(18-10(2)3)19(15,16)11-8-6-5-7-9-11/h5-10,13H,4H2,1-3H3. The minimum absolute atomic E-state index is 0.0358. The largest absolute Gasteiger partial charge is 0.463 e. The van der Waals surface area contributed by atoms with Crippen LogP contribution in [0, 0.1) is 0 Å². The van der Waals surface area contributed by atoms with Gasteiger partial charge in [0.1, 0.15) is 0 Å². The highest BCUT2D eigenvalue weighted by Crippen LogP contribution is 2.19. The van der Waals surface area contributed by atoms with Crippen LogP contribution in [0.2, 0.25) is 0 Å². The van der Waals surface area contributed by atoms with Gasteiger partial charge >= 0.3 is 5.97 Å². The summed E-state index contributed by atoms with van der Waals surface area (Å²) in [4.78, 5) is 11.8. The Labute approximate surface area is 113 Å². The van der Waals surface area contributed by atoms with E-state index in [4.69, 9.17) is 9.47 Å². The zero-order valence-electron chi connectivity index (χ0n) is 11.2. The summed E-state index contributed by atoms with van der Waals surface area (Å²) in [5, 5.41) is 0. The molecule has 0 aliphatic carbocycles. The van der Waals surface area contributed by atoms with Crippen molar-refractivity contribution in [2.45, 2.75) is 37.2 Å². The first-order chi connectivity index (χ1) is 8.89. The van der Waals surface area contributed by atoms with Crippen LogP contribution in [0.5, 0.6) is 0 Å². The number of ether oxygens (including phenoxy) is 2. The zero-order chi connectivity index (χ0) is 14.5. The van der Waals surface area contributed by atoms with Gasteiger partial charge in [-0.15, -0.1) is 0 Å². The van der Waals surface area contributed by atoms with Crippen LogP contribution in [0.4, 0.5) is 0 Å². The van der Waals surface area contributed by atoms with Gasteiger partial charge in [-0.3, -0.25) is 0 Å². The molecule has 0 bridgehead atoms. The lowest BCUT2D eigenvalue weighted by atomic mass is 10.4. The Bertz CT molecular complexity index is 507. The number of esters is 1. The summed E-state index contributed by atoms with van der Waals surface area (Å²) in [5.41, 5.74) is -1.63. The molecule has 0 N–H and O–H groups in total. The molecule has 1 unspecified atom stereocenters. The van der Waals surface area contributed by atoms with E-state index in [1.807, 2.05) is 0 Å². The van der Waals surface area contributed by atoms with Crippen LogP contribution in [-0.2, 0) is 24.1 Å². The molecule has 0 radical (unpaired) electrons. The average molecular weight is 286 g/mol. The summed E-state index contributed by atoms with van der Waals surface area (Å²) < 4.78 is 34.7. The van der Waals surface area contributed by atoms with Gasteiger partial charge in [0.2, 0.25) is 9.84 Å². The molecule has 0 saturated heterocycles. The van der Waals surface area contributed by atoms with E-state index in [2.05, 4.69) is 0 Å². The van der Waals surface area contributed by atoms with Crippen LogP contribution in [0.15, 0.2) is 35.2 Å². The van der Waals surface area contributed by atoms with E-state index >= 15 is 0 Å². The molecular weight excluding hydrogens is 268 g/mol. The van der Waals surface area contributed by atoms with Crippen molar-refractivity contribution in [1.29, 1.82) is 0 Å². The van der Waals surface area contributed by atoms with Gasteiger partial charge in [0, 0.05) is 0 Å². The van der Waals surface area contributed by atoms with E-state index in [9.17, 15) is 13.2 Å². The topological polar surface area (TPSA) is 69.7 Å². The summed E-state index contributed by atoms with van der Waals surface area (Å²) in [6.07, 6.45) is -0.409. The van der Waals surface area contributed by atoms with Crippen molar-refractivity contribution in [3.8, 4) is 0 Å². The Hall–Kier alpha value is -1.40. The van der Waals surface area contributed by atoms with Crippen molar-refractivity contribution in [2.75, 3.05) is 6.61 Å². The molecule has 0 spiro atoms. The molecule has 5 nitrogen and oxygen atoms in total. The Morgan fingerprint density at radius 1 is 1.21 bits per heavy atom. The fraction of sp³-hybridized carbons (Fsp3) is 0.462. The maximum absolute atomic E-state index is 12.4. The van der Waals surface area contributed by atoms with E-state index in [0.29, 0.717) is 0 Å². The Morgan fingerprint density at radius 2 is 1.79 bits per heavy atom. The highest BCUT2D eigenvalue weighted by atomic mass is 32.2. The van der Waals surface area contributed by atoms with Crippen molar-refractivity contribution in [1.82, 2.24) is 0 Å². The van der Waals surface area contributed by atoms with Crippen LogP contribution in [0.3, 0.4) is 0 Å². The van der Waals surface area contributed by atoms with E-state index < -0.39 is 27.3 Å². The molecule has 6 heteroatoms. The first-order valence-electron chi connectivity index (χ1n) is 6.00. The van der Waals surface area contributed by atoms with Gasteiger partial charge in [-0.2, -0.15) is 0 Å². The SMILES string of the molecule is CCOC(=O)C(OC(C)C)S(=O)(=O)c1ccccc1. The van der Waals surface area contributed by atoms with Crippen LogP contribution in [0.25, 0.3) is 0 Å². The summed E-state index contributed by atoms with van der Waals surface area (Å²) >= 11 is 0. The summed E-state index contributed by atoms with van der Waals surface area (Å²) in [6, 6.07) is 7.72. The van der Waals surface area contributed by atoms with Gasteiger partial charge in [-0.05, 0) is 32.9 Å². The number of rotatable bonds is 6. The zero-order valence-corrected chi connectivity index (χ0v) is 12.0. The number of hydrogen-bond acceptors (Lipinski definition) is 5. The van der Waals surface area contributed by atoms with Crippen LogP contribution >= 0.6 is 0 Å². The fourth-order valence-electron chi connectivity index (χ4n) is 1.45. The maximum Gasteiger partial charge on any atom is 0.351 e. The van der Waals surface area contributed by atoms with Crippen molar-refractivity contribution in [3.05, 3.63) is 30.3 Å². The van der Waals surface area contributed by atoms with E-state index in [1.54, 1.807) is 39.0 Å². The number of carbonyl (C=O) groups is 1. The third kappa shape index (κ3) is 4.04. The number of hydrogen-bond donors (Lipinski definition) is 0. The van der Waals surface area contributed by atoms with Gasteiger partial charge in [0.25, 0.3) is 5.44 Å². The summed E-state index contributed by atoms with van der Waals surface area (Å²) in [5.74, 6) is -0.889. The molecule has 0 aromatic heterocycles. The van der Waals surface area contributed by atoms with Crippen LogP contribution < -0.4 is 0 Å². The smallest absolute Gasteiger partial charge is 0.351 e. The fourth-order valence-corrected chi connectivity index (χ4v) is 2.92.